The van der Waals surface area contributed by atoms with Gasteiger partial charge in [0.25, 0.3) is 0 Å². The molecule has 0 aliphatic rings. The summed E-state index contributed by atoms with van der Waals surface area (Å²) in [5, 5.41) is 7.69. The summed E-state index contributed by atoms with van der Waals surface area (Å²) in [6.45, 7) is 0. The van der Waals surface area contributed by atoms with Gasteiger partial charge < -0.3 is 0 Å². The van der Waals surface area contributed by atoms with Crippen molar-refractivity contribution in [3.63, 3.8) is 0 Å². The molecule has 0 radical (unpaired) electrons. The first-order valence-electron chi connectivity index (χ1n) is 15.6. The number of hydrogen-bond acceptors (Lipinski definition) is 0. The molecule has 45 heavy (non-hydrogen) atoms. The maximum absolute atomic E-state index is 3.78. The molecule has 0 bridgehead atoms. The molecule has 0 aliphatic heterocycles. The van der Waals surface area contributed by atoms with Crippen molar-refractivity contribution in [2.45, 2.75) is 12.3 Å². The van der Waals surface area contributed by atoms with E-state index >= 15 is 0 Å². The SMILES string of the molecule is Brc1ccc2c(-c3ccccc3)c3cc(CC(c4ccccc4)c4cccc5ccccc45)ccc3c(-c3ccccc3)c2c1. The summed E-state index contributed by atoms with van der Waals surface area (Å²) in [6.07, 6.45) is 0.904. The second-order valence-corrected chi connectivity index (χ2v) is 12.7. The summed E-state index contributed by atoms with van der Waals surface area (Å²) in [4.78, 5) is 0. The lowest BCUT2D eigenvalue weighted by Crippen LogP contribution is -2.06. The zero-order valence-corrected chi connectivity index (χ0v) is 26.4. The van der Waals surface area contributed by atoms with E-state index < -0.39 is 0 Å². The number of benzene rings is 8. The van der Waals surface area contributed by atoms with Gasteiger partial charge in [0.05, 0.1) is 0 Å². The topological polar surface area (TPSA) is 0 Å². The molecule has 0 amide bonds. The summed E-state index contributed by atoms with van der Waals surface area (Å²) in [6, 6.07) is 62.2. The van der Waals surface area contributed by atoms with Gasteiger partial charge in [-0.3, -0.25) is 0 Å². The average molecular weight is 640 g/mol. The molecule has 0 spiro atoms. The van der Waals surface area contributed by atoms with Crippen LogP contribution in [0.2, 0.25) is 0 Å². The van der Waals surface area contributed by atoms with Gasteiger partial charge in [0.1, 0.15) is 0 Å². The van der Waals surface area contributed by atoms with Crippen molar-refractivity contribution in [1.29, 1.82) is 0 Å². The Kier molecular flexibility index (Phi) is 7.25. The summed E-state index contributed by atoms with van der Waals surface area (Å²) in [7, 11) is 0. The van der Waals surface area contributed by atoms with E-state index in [9.17, 15) is 0 Å². The van der Waals surface area contributed by atoms with Crippen molar-refractivity contribution in [2.24, 2.45) is 0 Å². The molecule has 0 nitrogen and oxygen atoms in total. The molecule has 8 rings (SSSR count). The van der Waals surface area contributed by atoms with Gasteiger partial charge >= 0.3 is 0 Å². The van der Waals surface area contributed by atoms with Gasteiger partial charge in [0.15, 0.2) is 0 Å². The van der Waals surface area contributed by atoms with E-state index in [0.717, 1.165) is 10.9 Å². The maximum Gasteiger partial charge on any atom is 0.0181 e. The third-order valence-corrected chi connectivity index (χ3v) is 9.60. The molecule has 0 aromatic heterocycles. The molecule has 214 valence electrons. The fourth-order valence-electron chi connectivity index (χ4n) is 7.09. The predicted octanol–water partition coefficient (Wildman–Crippen LogP) is 12.6. The first-order chi connectivity index (χ1) is 22.2. The van der Waals surface area contributed by atoms with E-state index in [0.29, 0.717) is 0 Å². The summed E-state index contributed by atoms with van der Waals surface area (Å²) >= 11 is 3.78. The standard InChI is InChI=1S/C44H31Br/c45-35-24-26-39-42(29-35)44(34-18-8-3-9-19-34)38-25-23-30(28-41(38)43(39)33-16-6-2-7-17-33)27-40(32-13-4-1-5-14-32)37-22-12-20-31-15-10-11-21-36(31)37/h1-26,28-29,40H,27H2. The van der Waals surface area contributed by atoms with Crippen LogP contribution in [0.4, 0.5) is 0 Å². The van der Waals surface area contributed by atoms with E-state index in [1.807, 2.05) is 0 Å². The lowest BCUT2D eigenvalue weighted by atomic mass is 9.81. The minimum atomic E-state index is 0.222. The van der Waals surface area contributed by atoms with Gasteiger partial charge in [-0.2, -0.15) is 0 Å². The van der Waals surface area contributed by atoms with Crippen molar-refractivity contribution < 1.29 is 0 Å². The molecule has 0 saturated carbocycles. The largest absolute Gasteiger partial charge is 0.0622 e. The Labute approximate surface area is 272 Å². The normalized spacial score (nSPS) is 12.1. The van der Waals surface area contributed by atoms with E-state index in [2.05, 4.69) is 186 Å². The van der Waals surface area contributed by atoms with Crippen LogP contribution < -0.4 is 0 Å². The van der Waals surface area contributed by atoms with Gasteiger partial charge in [-0.25, -0.2) is 0 Å². The summed E-state index contributed by atoms with van der Waals surface area (Å²) < 4.78 is 1.09. The van der Waals surface area contributed by atoms with E-state index in [1.165, 1.54) is 71.3 Å². The summed E-state index contributed by atoms with van der Waals surface area (Å²) in [5.74, 6) is 0.222. The van der Waals surface area contributed by atoms with E-state index in [1.54, 1.807) is 0 Å². The van der Waals surface area contributed by atoms with Crippen molar-refractivity contribution >= 4 is 48.2 Å². The van der Waals surface area contributed by atoms with Crippen LogP contribution in [0.25, 0.3) is 54.6 Å². The van der Waals surface area contributed by atoms with Crippen LogP contribution in [-0.4, -0.2) is 0 Å². The van der Waals surface area contributed by atoms with Crippen LogP contribution in [0.5, 0.6) is 0 Å². The van der Waals surface area contributed by atoms with Crippen LogP contribution in [0.1, 0.15) is 22.6 Å². The van der Waals surface area contributed by atoms with Crippen molar-refractivity contribution in [1.82, 2.24) is 0 Å². The molecular weight excluding hydrogens is 608 g/mol. The Hall–Kier alpha value is -4.98. The van der Waals surface area contributed by atoms with Gasteiger partial charge in [0.2, 0.25) is 0 Å². The average Bonchev–Trinajstić information content (AvgIpc) is 3.10. The van der Waals surface area contributed by atoms with Gasteiger partial charge in [-0.1, -0.05) is 174 Å². The first kappa shape index (κ1) is 27.6. The third kappa shape index (κ3) is 5.14. The fourth-order valence-corrected chi connectivity index (χ4v) is 7.45. The van der Waals surface area contributed by atoms with Crippen LogP contribution >= 0.6 is 15.9 Å². The number of fused-ring (bicyclic) bond motifs is 3. The molecule has 1 unspecified atom stereocenters. The third-order valence-electron chi connectivity index (χ3n) is 9.11. The predicted molar refractivity (Wildman–Crippen MR) is 196 cm³/mol. The minimum Gasteiger partial charge on any atom is -0.0622 e. The van der Waals surface area contributed by atoms with Gasteiger partial charge in [-0.15, -0.1) is 0 Å². The highest BCUT2D eigenvalue weighted by molar-refractivity contribution is 9.10. The molecule has 0 heterocycles. The fraction of sp³-hybridized carbons (Fsp3) is 0.0455. The lowest BCUT2D eigenvalue weighted by molar-refractivity contribution is 0.813. The lowest BCUT2D eigenvalue weighted by Gasteiger charge is -2.22. The molecule has 8 aromatic rings. The number of rotatable bonds is 6. The van der Waals surface area contributed by atoms with Crippen LogP contribution in [0.15, 0.2) is 174 Å². The molecule has 0 aliphatic carbocycles. The Morgan fingerprint density at radius 2 is 0.978 bits per heavy atom. The molecule has 8 aromatic carbocycles. The monoisotopic (exact) mass is 638 g/mol. The number of hydrogen-bond donors (Lipinski definition) is 0. The van der Waals surface area contributed by atoms with Crippen molar-refractivity contribution in [2.75, 3.05) is 0 Å². The zero-order chi connectivity index (χ0) is 30.2. The number of halogens is 1. The summed E-state index contributed by atoms with van der Waals surface area (Å²) in [5.41, 5.74) is 9.08. The zero-order valence-electron chi connectivity index (χ0n) is 24.8. The highest BCUT2D eigenvalue weighted by Crippen LogP contribution is 2.45. The van der Waals surface area contributed by atoms with E-state index in [4.69, 9.17) is 0 Å². The minimum absolute atomic E-state index is 0.222. The molecular formula is C44H31Br. The smallest absolute Gasteiger partial charge is 0.0181 e. The Morgan fingerprint density at radius 3 is 1.67 bits per heavy atom. The van der Waals surface area contributed by atoms with Crippen molar-refractivity contribution in [3.05, 3.63) is 191 Å². The second-order valence-electron chi connectivity index (χ2n) is 11.8. The van der Waals surface area contributed by atoms with Crippen LogP contribution in [-0.2, 0) is 6.42 Å². The quantitative estimate of drug-likeness (QED) is 0.159. The Bertz CT molecular complexity index is 2280. The second kappa shape index (κ2) is 11.8. The van der Waals surface area contributed by atoms with Crippen LogP contribution in [0, 0.1) is 0 Å². The van der Waals surface area contributed by atoms with E-state index in [-0.39, 0.29) is 5.92 Å². The maximum atomic E-state index is 3.78. The molecule has 1 heteroatoms. The van der Waals surface area contributed by atoms with Gasteiger partial charge in [-0.05, 0) is 89.8 Å². The molecule has 1 atom stereocenters. The Balaban J connectivity index is 1.39. The van der Waals surface area contributed by atoms with Gasteiger partial charge in [0, 0.05) is 10.4 Å². The highest BCUT2D eigenvalue weighted by atomic mass is 79.9. The first-order valence-corrected chi connectivity index (χ1v) is 16.4. The molecule has 0 fully saturated rings. The van der Waals surface area contributed by atoms with Crippen LogP contribution in [0.3, 0.4) is 0 Å². The molecule has 0 saturated heterocycles. The molecule has 0 N–H and O–H groups in total. The Morgan fingerprint density at radius 1 is 0.422 bits per heavy atom. The highest BCUT2D eigenvalue weighted by Gasteiger charge is 2.21. The van der Waals surface area contributed by atoms with Crippen molar-refractivity contribution in [3.8, 4) is 22.3 Å².